The van der Waals surface area contributed by atoms with Gasteiger partial charge in [-0.3, -0.25) is 0 Å². The summed E-state index contributed by atoms with van der Waals surface area (Å²) in [5.74, 6) is 1.12. The molecule has 196 valence electrons. The number of piperazine rings is 1. The van der Waals surface area contributed by atoms with Crippen LogP contribution in [0, 0.1) is 0 Å². The zero-order valence-electron chi connectivity index (χ0n) is 22.0. The molecule has 4 aromatic carbocycles. The monoisotopic (exact) mass is 506 g/mol. The highest BCUT2D eigenvalue weighted by molar-refractivity contribution is 5.42. The Morgan fingerprint density at radius 1 is 0.474 bits per heavy atom. The van der Waals surface area contributed by atoms with E-state index in [1.165, 1.54) is 11.1 Å². The molecule has 1 heterocycles. The molecule has 1 aliphatic heterocycles. The van der Waals surface area contributed by atoms with Crippen LogP contribution in [0.2, 0.25) is 0 Å². The van der Waals surface area contributed by atoms with Crippen molar-refractivity contribution in [2.45, 2.75) is 24.7 Å². The molecule has 1 fully saturated rings. The number of phenols is 2. The summed E-state index contributed by atoms with van der Waals surface area (Å²) in [6.45, 7) is 6.21. The Bertz CT molecular complexity index is 1170. The maximum Gasteiger partial charge on any atom is 0.119 e. The number of hydrogen-bond acceptors (Lipinski definition) is 4. The van der Waals surface area contributed by atoms with Gasteiger partial charge in [0.25, 0.3) is 0 Å². The molecule has 1 saturated heterocycles. The molecule has 0 saturated carbocycles. The van der Waals surface area contributed by atoms with Crippen LogP contribution in [-0.4, -0.2) is 59.3 Å². The first kappa shape index (κ1) is 26.0. The van der Waals surface area contributed by atoms with E-state index in [-0.39, 0.29) is 11.8 Å². The first-order valence-corrected chi connectivity index (χ1v) is 13.8. The number of hydrogen-bond donors (Lipinski definition) is 2. The predicted molar refractivity (Wildman–Crippen MR) is 155 cm³/mol. The van der Waals surface area contributed by atoms with E-state index in [9.17, 15) is 10.2 Å². The lowest BCUT2D eigenvalue weighted by atomic mass is 9.87. The Labute approximate surface area is 226 Å². The number of para-hydroxylation sites is 2. The number of phenolic OH excluding ortho intramolecular Hbond substituents is 2. The second-order valence-electron chi connectivity index (χ2n) is 10.3. The minimum Gasteiger partial charge on any atom is -0.508 e. The number of nitrogens with zero attached hydrogens (tertiary/aromatic N) is 2. The largest absolute Gasteiger partial charge is 0.508 e. The molecule has 2 unspecified atom stereocenters. The first-order valence-electron chi connectivity index (χ1n) is 13.8. The lowest BCUT2D eigenvalue weighted by Crippen LogP contribution is -2.47. The van der Waals surface area contributed by atoms with E-state index in [1.54, 1.807) is 12.1 Å². The second kappa shape index (κ2) is 12.8. The molecule has 4 nitrogen and oxygen atoms in total. The molecule has 2 N–H and O–H groups in total. The molecule has 4 aromatic rings. The van der Waals surface area contributed by atoms with Crippen LogP contribution in [0.5, 0.6) is 11.5 Å². The van der Waals surface area contributed by atoms with Gasteiger partial charge in [-0.1, -0.05) is 97.1 Å². The Balaban J connectivity index is 1.18. The zero-order valence-corrected chi connectivity index (χ0v) is 22.0. The van der Waals surface area contributed by atoms with Crippen LogP contribution in [0.1, 0.15) is 46.9 Å². The average molecular weight is 507 g/mol. The summed E-state index contributed by atoms with van der Waals surface area (Å²) in [4.78, 5) is 5.12. The SMILES string of the molecule is Oc1ccccc1C(CCN1CCN(CCC(c2ccccc2)c2ccccc2O)CC1)c1ccccc1. The molecule has 4 heteroatoms. The van der Waals surface area contributed by atoms with E-state index >= 15 is 0 Å². The standard InChI is InChI=1S/C34H38N2O2/c37-33-17-9-7-15-31(33)29(27-11-3-1-4-12-27)19-21-35-23-25-36(26-24-35)22-20-30(28-13-5-2-6-14-28)32-16-8-10-18-34(32)38/h1-18,29-30,37-38H,19-26H2. The van der Waals surface area contributed by atoms with E-state index in [0.29, 0.717) is 11.5 Å². The van der Waals surface area contributed by atoms with Crippen LogP contribution < -0.4 is 0 Å². The normalized spacial score (nSPS) is 16.2. The number of aromatic hydroxyl groups is 2. The summed E-state index contributed by atoms with van der Waals surface area (Å²) >= 11 is 0. The van der Waals surface area contributed by atoms with E-state index < -0.39 is 0 Å². The van der Waals surface area contributed by atoms with Crippen LogP contribution in [0.4, 0.5) is 0 Å². The topological polar surface area (TPSA) is 46.9 Å². The van der Waals surface area contributed by atoms with Gasteiger partial charge in [-0.15, -0.1) is 0 Å². The Kier molecular flexibility index (Phi) is 8.75. The highest BCUT2D eigenvalue weighted by Crippen LogP contribution is 2.35. The molecule has 0 spiro atoms. The van der Waals surface area contributed by atoms with Gasteiger partial charge >= 0.3 is 0 Å². The van der Waals surface area contributed by atoms with E-state index in [2.05, 4.69) is 70.5 Å². The Morgan fingerprint density at radius 3 is 1.18 bits per heavy atom. The number of benzene rings is 4. The molecule has 0 aromatic heterocycles. The molecule has 0 radical (unpaired) electrons. The van der Waals surface area contributed by atoms with Crippen molar-refractivity contribution in [3.05, 3.63) is 131 Å². The summed E-state index contributed by atoms with van der Waals surface area (Å²) in [5, 5.41) is 21.1. The van der Waals surface area contributed by atoms with Gasteiger partial charge in [0, 0.05) is 49.1 Å². The molecule has 1 aliphatic rings. The van der Waals surface area contributed by atoms with Crippen LogP contribution in [-0.2, 0) is 0 Å². The summed E-state index contributed by atoms with van der Waals surface area (Å²) in [7, 11) is 0. The lowest BCUT2D eigenvalue weighted by Gasteiger charge is -2.36. The van der Waals surface area contributed by atoms with Crippen LogP contribution in [0.25, 0.3) is 0 Å². The van der Waals surface area contributed by atoms with E-state index in [0.717, 1.165) is 63.2 Å². The zero-order chi connectivity index (χ0) is 26.2. The molecular formula is C34H38N2O2. The second-order valence-corrected chi connectivity index (χ2v) is 10.3. The fraction of sp³-hybridized carbons (Fsp3) is 0.294. The van der Waals surface area contributed by atoms with Gasteiger partial charge in [-0.2, -0.15) is 0 Å². The third-order valence-corrected chi connectivity index (χ3v) is 7.96. The van der Waals surface area contributed by atoms with Gasteiger partial charge in [0.2, 0.25) is 0 Å². The van der Waals surface area contributed by atoms with E-state index in [1.807, 2.05) is 36.4 Å². The predicted octanol–water partition coefficient (Wildman–Crippen LogP) is 6.46. The van der Waals surface area contributed by atoms with Crippen LogP contribution >= 0.6 is 0 Å². The van der Waals surface area contributed by atoms with Crippen molar-refractivity contribution >= 4 is 0 Å². The van der Waals surface area contributed by atoms with Gasteiger partial charge in [0.15, 0.2) is 0 Å². The van der Waals surface area contributed by atoms with Gasteiger partial charge in [-0.05, 0) is 49.2 Å². The van der Waals surface area contributed by atoms with Crippen molar-refractivity contribution in [1.29, 1.82) is 0 Å². The summed E-state index contributed by atoms with van der Waals surface area (Å²) < 4.78 is 0. The van der Waals surface area contributed by atoms with Crippen molar-refractivity contribution in [3.63, 3.8) is 0 Å². The van der Waals surface area contributed by atoms with Gasteiger partial charge in [0.05, 0.1) is 0 Å². The van der Waals surface area contributed by atoms with Gasteiger partial charge < -0.3 is 20.0 Å². The fourth-order valence-electron chi connectivity index (χ4n) is 5.80. The molecular weight excluding hydrogens is 468 g/mol. The minimum absolute atomic E-state index is 0.181. The first-order chi connectivity index (χ1) is 18.7. The summed E-state index contributed by atoms with van der Waals surface area (Å²) in [5.41, 5.74) is 4.52. The van der Waals surface area contributed by atoms with Crippen LogP contribution in [0.15, 0.2) is 109 Å². The molecule has 0 bridgehead atoms. The highest BCUT2D eigenvalue weighted by atomic mass is 16.3. The summed E-state index contributed by atoms with van der Waals surface area (Å²) in [6.07, 6.45) is 1.95. The van der Waals surface area contributed by atoms with Gasteiger partial charge in [-0.25, -0.2) is 0 Å². The fourth-order valence-corrected chi connectivity index (χ4v) is 5.80. The minimum atomic E-state index is 0.181. The van der Waals surface area contributed by atoms with Crippen molar-refractivity contribution in [3.8, 4) is 11.5 Å². The molecule has 38 heavy (non-hydrogen) atoms. The smallest absolute Gasteiger partial charge is 0.119 e. The Morgan fingerprint density at radius 2 is 0.816 bits per heavy atom. The quantitative estimate of drug-likeness (QED) is 0.259. The van der Waals surface area contributed by atoms with Gasteiger partial charge in [0.1, 0.15) is 11.5 Å². The molecule has 2 atom stereocenters. The molecule has 0 amide bonds. The van der Waals surface area contributed by atoms with Crippen LogP contribution in [0.3, 0.4) is 0 Å². The average Bonchev–Trinajstić information content (AvgIpc) is 2.97. The highest BCUT2D eigenvalue weighted by Gasteiger charge is 2.23. The van der Waals surface area contributed by atoms with Crippen molar-refractivity contribution in [2.75, 3.05) is 39.3 Å². The number of rotatable bonds is 10. The molecule has 5 rings (SSSR count). The maximum absolute atomic E-state index is 10.6. The summed E-state index contributed by atoms with van der Waals surface area (Å²) in [6, 6.07) is 36.6. The van der Waals surface area contributed by atoms with E-state index in [4.69, 9.17) is 0 Å². The Hall–Kier alpha value is -3.60. The van der Waals surface area contributed by atoms with Crippen molar-refractivity contribution in [2.24, 2.45) is 0 Å². The third-order valence-electron chi connectivity index (χ3n) is 7.96. The molecule has 0 aliphatic carbocycles. The van der Waals surface area contributed by atoms with Crippen molar-refractivity contribution in [1.82, 2.24) is 9.80 Å². The maximum atomic E-state index is 10.6. The lowest BCUT2D eigenvalue weighted by molar-refractivity contribution is 0.128. The van der Waals surface area contributed by atoms with Crippen molar-refractivity contribution < 1.29 is 10.2 Å². The third kappa shape index (κ3) is 6.45.